The maximum Gasteiger partial charge on any atom is 0.0390 e. The molecule has 0 fully saturated rings. The summed E-state index contributed by atoms with van der Waals surface area (Å²) in [4.78, 5) is 0. The predicted octanol–water partition coefficient (Wildman–Crippen LogP) is 11.6. The zero-order valence-corrected chi connectivity index (χ0v) is 24.4. The molecule has 7 aromatic rings. The van der Waals surface area contributed by atoms with Gasteiger partial charge in [0.15, 0.2) is 0 Å². The largest absolute Gasteiger partial charge is 0.135 e. The highest BCUT2D eigenvalue weighted by atomic mass is 32.1. The Hall–Kier alpha value is -4.46. The normalized spacial score (nSPS) is 14.4. The summed E-state index contributed by atoms with van der Waals surface area (Å²) >= 11 is 1.90. The molecule has 0 N–H and O–H groups in total. The Morgan fingerprint density at radius 1 is 0.659 bits per heavy atom. The van der Waals surface area contributed by atoms with E-state index in [4.69, 9.17) is 0 Å². The quantitative estimate of drug-likeness (QED) is 0.195. The van der Waals surface area contributed by atoms with Gasteiger partial charge in [-0.05, 0) is 91.2 Å². The van der Waals surface area contributed by atoms with Gasteiger partial charge in [-0.3, -0.25) is 0 Å². The Labute approximate surface area is 244 Å². The zero-order valence-electron chi connectivity index (χ0n) is 23.6. The van der Waals surface area contributed by atoms with Crippen LogP contribution >= 0.6 is 11.3 Å². The number of aryl methyl sites for hydroxylation is 1. The minimum Gasteiger partial charge on any atom is -0.135 e. The number of allylic oxidation sites excluding steroid dienone is 2. The lowest BCUT2D eigenvalue weighted by atomic mass is 9.79. The summed E-state index contributed by atoms with van der Waals surface area (Å²) in [7, 11) is 0. The number of thiophene rings is 1. The Morgan fingerprint density at radius 2 is 1.29 bits per heavy atom. The van der Waals surface area contributed by atoms with Crippen LogP contribution in [0.5, 0.6) is 0 Å². The fraction of sp³-hybridized carbons (Fsp3) is 0.100. The fourth-order valence-electron chi connectivity index (χ4n) is 7.20. The number of hydrogen-bond donors (Lipinski definition) is 0. The van der Waals surface area contributed by atoms with Crippen LogP contribution < -0.4 is 0 Å². The van der Waals surface area contributed by atoms with Crippen LogP contribution in [0.4, 0.5) is 0 Å². The van der Waals surface area contributed by atoms with Gasteiger partial charge in [0.25, 0.3) is 0 Å². The lowest BCUT2D eigenvalue weighted by molar-refractivity contribution is 0.655. The van der Waals surface area contributed by atoms with Crippen LogP contribution in [-0.4, -0.2) is 0 Å². The maximum atomic E-state index is 4.33. The number of benzene rings is 6. The van der Waals surface area contributed by atoms with E-state index in [2.05, 4.69) is 143 Å². The third-order valence-corrected chi connectivity index (χ3v) is 10.5. The molecule has 0 atom stereocenters. The Balaban J connectivity index is 1.38. The van der Waals surface area contributed by atoms with Crippen LogP contribution in [0.1, 0.15) is 36.1 Å². The highest BCUT2D eigenvalue weighted by Crippen LogP contribution is 2.52. The zero-order chi connectivity index (χ0) is 27.9. The van der Waals surface area contributed by atoms with Crippen LogP contribution in [0, 0.1) is 6.92 Å². The summed E-state index contributed by atoms with van der Waals surface area (Å²) in [6.45, 7) is 11.3. The molecule has 8 rings (SSSR count). The molecule has 0 saturated carbocycles. The first kappa shape index (κ1) is 24.3. The molecule has 41 heavy (non-hydrogen) atoms. The van der Waals surface area contributed by atoms with Crippen molar-refractivity contribution in [1.82, 2.24) is 0 Å². The minimum absolute atomic E-state index is 0.162. The second kappa shape index (κ2) is 8.77. The van der Waals surface area contributed by atoms with Gasteiger partial charge in [0, 0.05) is 25.6 Å². The smallest absolute Gasteiger partial charge is 0.0390 e. The van der Waals surface area contributed by atoms with Crippen molar-refractivity contribution in [2.24, 2.45) is 0 Å². The lowest BCUT2D eigenvalue weighted by Crippen LogP contribution is -2.16. The molecule has 0 amide bonds. The van der Waals surface area contributed by atoms with E-state index >= 15 is 0 Å². The van der Waals surface area contributed by atoms with Gasteiger partial charge >= 0.3 is 0 Å². The lowest BCUT2D eigenvalue weighted by Gasteiger charge is -2.24. The van der Waals surface area contributed by atoms with Crippen LogP contribution in [0.3, 0.4) is 0 Å². The van der Waals surface area contributed by atoms with Gasteiger partial charge in [-0.1, -0.05) is 117 Å². The van der Waals surface area contributed by atoms with Gasteiger partial charge in [0.1, 0.15) is 0 Å². The Kier molecular flexibility index (Phi) is 5.21. The molecule has 0 unspecified atom stereocenters. The van der Waals surface area contributed by atoms with E-state index < -0.39 is 0 Å². The monoisotopic (exact) mass is 542 g/mol. The van der Waals surface area contributed by atoms with Crippen molar-refractivity contribution in [2.75, 3.05) is 0 Å². The average Bonchev–Trinajstić information content (AvgIpc) is 3.48. The summed E-state index contributed by atoms with van der Waals surface area (Å²) in [6.07, 6.45) is 2.09. The number of rotatable bonds is 3. The summed E-state index contributed by atoms with van der Waals surface area (Å²) < 4.78 is 2.73. The molecule has 1 aromatic heterocycles. The standard InChI is InChI=1S/C40H30S/c1-5-34-38(28-20-21-32-31-16-10-11-17-36(31)41-39(32)24(28)2)33-19-18-27(23-35(33)40(34,3)4)37-29-14-8-6-12-25(29)22-26-13-7-9-15-30(26)37/h5-23H,1H2,2-4H3. The second-order valence-electron chi connectivity index (χ2n) is 11.8. The van der Waals surface area contributed by atoms with Crippen molar-refractivity contribution >= 4 is 58.6 Å². The van der Waals surface area contributed by atoms with Gasteiger partial charge < -0.3 is 0 Å². The third-order valence-electron chi connectivity index (χ3n) is 9.23. The molecule has 0 nitrogen and oxygen atoms in total. The van der Waals surface area contributed by atoms with Crippen molar-refractivity contribution in [1.29, 1.82) is 0 Å². The van der Waals surface area contributed by atoms with Crippen molar-refractivity contribution in [2.45, 2.75) is 26.2 Å². The summed E-state index contributed by atoms with van der Waals surface area (Å²) in [5.41, 5.74) is 10.4. The van der Waals surface area contributed by atoms with Crippen molar-refractivity contribution in [3.8, 4) is 11.1 Å². The Morgan fingerprint density at radius 3 is 2.00 bits per heavy atom. The van der Waals surface area contributed by atoms with Gasteiger partial charge in [0.05, 0.1) is 0 Å². The SMILES string of the molecule is C=CC1=C(c2ccc3c(sc4ccccc43)c2C)c2ccc(-c3c4ccccc4cc4ccccc34)cc2C1(C)C. The first-order valence-corrected chi connectivity index (χ1v) is 15.1. The molecule has 6 aromatic carbocycles. The average molecular weight is 543 g/mol. The van der Waals surface area contributed by atoms with E-state index in [9.17, 15) is 0 Å². The second-order valence-corrected chi connectivity index (χ2v) is 12.8. The van der Waals surface area contributed by atoms with E-state index in [-0.39, 0.29) is 5.41 Å². The van der Waals surface area contributed by atoms with Gasteiger partial charge in [-0.25, -0.2) is 0 Å². The van der Waals surface area contributed by atoms with Gasteiger partial charge in [0.2, 0.25) is 0 Å². The highest BCUT2D eigenvalue weighted by Gasteiger charge is 2.37. The molecule has 1 aliphatic carbocycles. The van der Waals surface area contributed by atoms with Crippen LogP contribution in [0.2, 0.25) is 0 Å². The van der Waals surface area contributed by atoms with E-state index in [1.54, 1.807) is 0 Å². The van der Waals surface area contributed by atoms with Crippen molar-refractivity contribution in [3.63, 3.8) is 0 Å². The topological polar surface area (TPSA) is 0 Å². The Bertz CT molecular complexity index is 2200. The van der Waals surface area contributed by atoms with Gasteiger partial charge in [-0.2, -0.15) is 0 Å². The third kappa shape index (κ3) is 3.39. The maximum absolute atomic E-state index is 4.33. The molecule has 0 saturated heterocycles. The molecule has 196 valence electrons. The predicted molar refractivity (Wildman–Crippen MR) is 180 cm³/mol. The molecular formula is C40H30S. The van der Waals surface area contributed by atoms with Gasteiger partial charge in [-0.15, -0.1) is 11.3 Å². The van der Waals surface area contributed by atoms with Crippen LogP contribution in [0.25, 0.3) is 58.4 Å². The highest BCUT2D eigenvalue weighted by molar-refractivity contribution is 7.26. The van der Waals surface area contributed by atoms with E-state index in [0.29, 0.717) is 0 Å². The molecule has 0 radical (unpaired) electrons. The summed E-state index contributed by atoms with van der Waals surface area (Å²) in [6, 6.07) is 40.4. The minimum atomic E-state index is -0.162. The molecule has 0 aliphatic heterocycles. The first-order valence-electron chi connectivity index (χ1n) is 14.3. The molecule has 1 heterocycles. The molecule has 1 aliphatic rings. The van der Waals surface area contributed by atoms with Crippen molar-refractivity contribution in [3.05, 3.63) is 150 Å². The molecule has 1 heteroatoms. The first-order chi connectivity index (χ1) is 20.0. The summed E-state index contributed by atoms with van der Waals surface area (Å²) in [5, 5.41) is 7.84. The van der Waals surface area contributed by atoms with E-state index in [1.807, 2.05) is 11.3 Å². The fourth-order valence-corrected chi connectivity index (χ4v) is 8.41. The van der Waals surface area contributed by atoms with E-state index in [1.165, 1.54) is 86.2 Å². The van der Waals surface area contributed by atoms with Crippen molar-refractivity contribution < 1.29 is 0 Å². The molecule has 0 spiro atoms. The molecule has 0 bridgehead atoms. The summed E-state index contributed by atoms with van der Waals surface area (Å²) in [5.74, 6) is 0. The number of hydrogen-bond acceptors (Lipinski definition) is 1. The van der Waals surface area contributed by atoms with E-state index in [0.717, 1.165) is 0 Å². The number of fused-ring (bicyclic) bond motifs is 6. The van der Waals surface area contributed by atoms with Crippen LogP contribution in [0.15, 0.2) is 127 Å². The van der Waals surface area contributed by atoms with Crippen LogP contribution in [-0.2, 0) is 5.41 Å². The molecular weight excluding hydrogens is 513 g/mol.